The Bertz CT molecular complexity index is 1300. The van der Waals surface area contributed by atoms with E-state index >= 15 is 0 Å². The summed E-state index contributed by atoms with van der Waals surface area (Å²) in [4.78, 5) is 31.5. The molecular formula is C27H24N2O5. The van der Waals surface area contributed by atoms with Crippen LogP contribution in [0.1, 0.15) is 27.0 Å². The summed E-state index contributed by atoms with van der Waals surface area (Å²) in [6, 6.07) is 18.8. The van der Waals surface area contributed by atoms with E-state index in [1.807, 2.05) is 54.7 Å². The first kappa shape index (κ1) is 21.7. The summed E-state index contributed by atoms with van der Waals surface area (Å²) < 4.78 is 16.3. The van der Waals surface area contributed by atoms with Crippen LogP contribution in [0.5, 0.6) is 11.5 Å². The number of para-hydroxylation sites is 1. The van der Waals surface area contributed by atoms with Crippen LogP contribution in [-0.2, 0) is 29.0 Å². The van der Waals surface area contributed by atoms with E-state index in [-0.39, 0.29) is 30.9 Å². The van der Waals surface area contributed by atoms with Crippen molar-refractivity contribution < 1.29 is 23.8 Å². The van der Waals surface area contributed by atoms with E-state index in [2.05, 4.69) is 4.99 Å². The summed E-state index contributed by atoms with van der Waals surface area (Å²) in [5.74, 6) is 0.546. The van der Waals surface area contributed by atoms with Crippen molar-refractivity contribution in [1.82, 2.24) is 0 Å². The predicted molar refractivity (Wildman–Crippen MR) is 128 cm³/mol. The molecule has 1 atom stereocenters. The molecule has 7 heteroatoms. The van der Waals surface area contributed by atoms with Crippen LogP contribution in [0.4, 0.5) is 11.4 Å². The lowest BCUT2D eigenvalue weighted by Gasteiger charge is -2.22. The van der Waals surface area contributed by atoms with Crippen LogP contribution in [0.15, 0.2) is 65.7 Å². The molecule has 0 unspecified atom stereocenters. The van der Waals surface area contributed by atoms with E-state index in [0.717, 1.165) is 28.8 Å². The van der Waals surface area contributed by atoms with Gasteiger partial charge in [-0.2, -0.15) is 0 Å². The number of aliphatic imine (C=N–C) groups is 1. The number of benzene rings is 3. The molecule has 2 aliphatic rings. The van der Waals surface area contributed by atoms with Crippen LogP contribution >= 0.6 is 0 Å². The number of esters is 1. The van der Waals surface area contributed by atoms with Gasteiger partial charge in [-0.05, 0) is 28.8 Å². The molecule has 1 amide bonds. The third-order valence-electron chi connectivity index (χ3n) is 6.09. The molecule has 0 radical (unpaired) electrons. The lowest BCUT2D eigenvalue weighted by atomic mass is 10.1. The third-order valence-corrected chi connectivity index (χ3v) is 6.09. The molecule has 3 aromatic rings. The van der Waals surface area contributed by atoms with Gasteiger partial charge in [0.05, 0.1) is 37.9 Å². The minimum Gasteiger partial charge on any atom is -0.493 e. The number of rotatable bonds is 6. The van der Waals surface area contributed by atoms with Crippen molar-refractivity contribution in [3.8, 4) is 11.5 Å². The lowest BCUT2D eigenvalue weighted by Crippen LogP contribution is -2.37. The fourth-order valence-corrected chi connectivity index (χ4v) is 4.42. The van der Waals surface area contributed by atoms with Crippen molar-refractivity contribution in [3.63, 3.8) is 0 Å². The Morgan fingerprint density at radius 2 is 1.85 bits per heavy atom. The zero-order valence-electron chi connectivity index (χ0n) is 19.0. The molecule has 3 aromatic carbocycles. The average Bonchev–Trinajstić information content (AvgIpc) is 3.18. The second-order valence-corrected chi connectivity index (χ2v) is 8.24. The van der Waals surface area contributed by atoms with Crippen LogP contribution < -0.4 is 14.4 Å². The minimum absolute atomic E-state index is 0.109. The van der Waals surface area contributed by atoms with Crippen LogP contribution in [0, 0.1) is 0 Å². The predicted octanol–water partition coefficient (Wildman–Crippen LogP) is 4.28. The number of carbonyl (C=O) groups is 2. The van der Waals surface area contributed by atoms with Crippen LogP contribution in [0.3, 0.4) is 0 Å². The Hall–Kier alpha value is -4.13. The van der Waals surface area contributed by atoms with Crippen molar-refractivity contribution in [3.05, 3.63) is 82.9 Å². The first-order valence-electron chi connectivity index (χ1n) is 11.0. The standard InChI is InChI=1S/C27H24N2O5/c1-32-24-13-21-22(28-15-20-12-19-8-3-4-9-23(19)29(20)27(21)31)14-25(24)34-16-18-7-5-6-17(10-18)11-26(30)33-2/h3-10,13-15,20H,11-12,16H2,1-2H3/t20-/m0/s1. The van der Waals surface area contributed by atoms with Crippen LogP contribution in [0.25, 0.3) is 0 Å². The van der Waals surface area contributed by atoms with Gasteiger partial charge >= 0.3 is 5.97 Å². The molecule has 0 aliphatic carbocycles. The number of hydrogen-bond acceptors (Lipinski definition) is 6. The SMILES string of the molecule is COC(=O)Cc1cccc(COc2cc3c(cc2OC)C(=O)N2c4ccccc4C[C@H]2C=N3)c1. The van der Waals surface area contributed by atoms with Crippen molar-refractivity contribution in [2.45, 2.75) is 25.5 Å². The van der Waals surface area contributed by atoms with Crippen LogP contribution in [-0.4, -0.2) is 38.4 Å². The third kappa shape index (κ3) is 4.01. The molecule has 7 nitrogen and oxygen atoms in total. The average molecular weight is 456 g/mol. The first-order chi connectivity index (χ1) is 16.6. The van der Waals surface area contributed by atoms with E-state index in [1.54, 1.807) is 24.1 Å². The Labute approximate surface area is 197 Å². The van der Waals surface area contributed by atoms with Gasteiger partial charge in [-0.3, -0.25) is 19.5 Å². The largest absolute Gasteiger partial charge is 0.493 e. The van der Waals surface area contributed by atoms with Crippen molar-refractivity contribution in [2.24, 2.45) is 4.99 Å². The van der Waals surface area contributed by atoms with Gasteiger partial charge in [0.25, 0.3) is 5.91 Å². The maximum absolute atomic E-state index is 13.5. The van der Waals surface area contributed by atoms with Gasteiger partial charge in [-0.1, -0.05) is 42.5 Å². The van der Waals surface area contributed by atoms with Gasteiger partial charge in [-0.15, -0.1) is 0 Å². The van der Waals surface area contributed by atoms with Gasteiger partial charge in [0.1, 0.15) is 6.61 Å². The van der Waals surface area contributed by atoms with Gasteiger partial charge in [-0.25, -0.2) is 0 Å². The summed E-state index contributed by atoms with van der Waals surface area (Å²) in [5.41, 5.74) is 4.82. The molecule has 2 heterocycles. The smallest absolute Gasteiger partial charge is 0.309 e. The molecule has 172 valence electrons. The molecule has 2 aliphatic heterocycles. The number of amides is 1. The molecular weight excluding hydrogens is 432 g/mol. The number of hydrogen-bond donors (Lipinski definition) is 0. The summed E-state index contributed by atoms with van der Waals surface area (Å²) >= 11 is 0. The molecule has 5 rings (SSSR count). The Balaban J connectivity index is 1.41. The fourth-order valence-electron chi connectivity index (χ4n) is 4.42. The second-order valence-electron chi connectivity index (χ2n) is 8.24. The second kappa shape index (κ2) is 9.02. The van der Waals surface area contributed by atoms with E-state index in [9.17, 15) is 9.59 Å². The maximum Gasteiger partial charge on any atom is 0.309 e. The first-order valence-corrected chi connectivity index (χ1v) is 11.0. The van der Waals surface area contributed by atoms with E-state index < -0.39 is 0 Å². The minimum atomic E-state index is -0.295. The maximum atomic E-state index is 13.5. The molecule has 0 spiro atoms. The van der Waals surface area contributed by atoms with Crippen molar-refractivity contribution in [2.75, 3.05) is 19.1 Å². The normalized spacial score (nSPS) is 15.8. The number of fused-ring (bicyclic) bond motifs is 4. The Kier molecular flexibility index (Phi) is 5.76. The number of nitrogens with zero attached hydrogens (tertiary/aromatic N) is 2. The number of methoxy groups -OCH3 is 2. The highest BCUT2D eigenvalue weighted by molar-refractivity contribution is 6.14. The molecule has 0 N–H and O–H groups in total. The summed E-state index contributed by atoms with van der Waals surface area (Å²) in [6.07, 6.45) is 2.77. The van der Waals surface area contributed by atoms with Crippen LogP contribution in [0.2, 0.25) is 0 Å². The topological polar surface area (TPSA) is 77.4 Å². The van der Waals surface area contributed by atoms with Crippen molar-refractivity contribution in [1.29, 1.82) is 0 Å². The Morgan fingerprint density at radius 1 is 1.03 bits per heavy atom. The zero-order valence-corrected chi connectivity index (χ0v) is 19.0. The molecule has 0 bridgehead atoms. The summed E-state index contributed by atoms with van der Waals surface area (Å²) in [6.45, 7) is 0.268. The number of carbonyl (C=O) groups excluding carboxylic acids is 2. The summed E-state index contributed by atoms with van der Waals surface area (Å²) in [7, 11) is 2.92. The number of anilines is 1. The molecule has 0 saturated carbocycles. The van der Waals surface area contributed by atoms with E-state index in [1.165, 1.54) is 7.11 Å². The monoisotopic (exact) mass is 456 g/mol. The highest BCUT2D eigenvalue weighted by atomic mass is 16.5. The quantitative estimate of drug-likeness (QED) is 0.518. The van der Waals surface area contributed by atoms with Gasteiger partial charge in [0.15, 0.2) is 11.5 Å². The summed E-state index contributed by atoms with van der Waals surface area (Å²) in [5, 5.41) is 0. The van der Waals surface area contributed by atoms with E-state index in [0.29, 0.717) is 22.7 Å². The van der Waals surface area contributed by atoms with Crippen molar-refractivity contribution >= 4 is 29.5 Å². The highest BCUT2D eigenvalue weighted by Gasteiger charge is 2.36. The van der Waals surface area contributed by atoms with E-state index in [4.69, 9.17) is 14.2 Å². The molecule has 0 fully saturated rings. The Morgan fingerprint density at radius 3 is 2.68 bits per heavy atom. The fraction of sp³-hybridized carbons (Fsp3) is 0.222. The molecule has 0 aromatic heterocycles. The number of ether oxygens (including phenoxy) is 3. The highest BCUT2D eigenvalue weighted by Crippen LogP contribution is 2.41. The molecule has 34 heavy (non-hydrogen) atoms. The van der Waals surface area contributed by atoms with Gasteiger partial charge < -0.3 is 14.2 Å². The van der Waals surface area contributed by atoms with Gasteiger partial charge in [0.2, 0.25) is 0 Å². The molecule has 0 saturated heterocycles. The lowest BCUT2D eigenvalue weighted by molar-refractivity contribution is -0.139. The van der Waals surface area contributed by atoms with Gasteiger partial charge in [0, 0.05) is 24.4 Å². The zero-order chi connectivity index (χ0) is 23.7.